The normalized spacial score (nSPS) is 14.2. The van der Waals surface area contributed by atoms with Gasteiger partial charge in [0.05, 0.1) is 12.5 Å². The summed E-state index contributed by atoms with van der Waals surface area (Å²) in [6.45, 7) is 5.78. The fraction of sp³-hybridized carbons (Fsp3) is 0.889. The van der Waals surface area contributed by atoms with Gasteiger partial charge < -0.3 is 10.0 Å². The molecule has 3 heteroatoms. The monoisotopic (exact) mass is 173 g/mol. The van der Waals surface area contributed by atoms with Crippen molar-refractivity contribution in [2.75, 3.05) is 20.7 Å². The number of hydrogen-bond acceptors (Lipinski definition) is 2. The van der Waals surface area contributed by atoms with Gasteiger partial charge in [0.15, 0.2) is 0 Å². The number of rotatable bonds is 2. The first kappa shape index (κ1) is 11.4. The third-order valence-corrected chi connectivity index (χ3v) is 1.97. The Balaban J connectivity index is 4.47. The molecule has 0 aromatic rings. The molecule has 1 N–H and O–H groups in total. The Morgan fingerprint density at radius 1 is 1.42 bits per heavy atom. The van der Waals surface area contributed by atoms with E-state index < -0.39 is 0 Å². The number of nitrogens with zero attached hydrogens (tertiary/aromatic N) is 1. The Labute approximate surface area is 74.4 Å². The minimum absolute atomic E-state index is 0.00926. The van der Waals surface area contributed by atoms with E-state index in [2.05, 4.69) is 0 Å². The van der Waals surface area contributed by atoms with E-state index >= 15 is 0 Å². The van der Waals surface area contributed by atoms with Crippen molar-refractivity contribution in [2.24, 2.45) is 11.3 Å². The lowest BCUT2D eigenvalue weighted by Gasteiger charge is -2.29. The SMILES string of the molecule is CN(C)C(=O)C(CO)C(C)(C)C. The van der Waals surface area contributed by atoms with E-state index in [0.717, 1.165) is 0 Å². The van der Waals surface area contributed by atoms with Crippen molar-refractivity contribution in [3.8, 4) is 0 Å². The van der Waals surface area contributed by atoms with Gasteiger partial charge in [0.2, 0.25) is 5.91 Å². The fourth-order valence-corrected chi connectivity index (χ4v) is 1.03. The van der Waals surface area contributed by atoms with Gasteiger partial charge in [-0.15, -0.1) is 0 Å². The number of carbonyl (C=O) groups is 1. The summed E-state index contributed by atoms with van der Waals surface area (Å²) in [6, 6.07) is 0. The number of aliphatic hydroxyl groups excluding tert-OH is 1. The van der Waals surface area contributed by atoms with E-state index in [1.54, 1.807) is 14.1 Å². The Morgan fingerprint density at radius 3 is 1.92 bits per heavy atom. The molecule has 0 aliphatic rings. The number of carbonyl (C=O) groups excluding carboxylic acids is 1. The van der Waals surface area contributed by atoms with E-state index in [1.165, 1.54) is 4.90 Å². The van der Waals surface area contributed by atoms with Crippen LogP contribution in [0.2, 0.25) is 0 Å². The molecule has 12 heavy (non-hydrogen) atoms. The summed E-state index contributed by atoms with van der Waals surface area (Å²) in [6.07, 6.45) is 0. The van der Waals surface area contributed by atoms with Crippen LogP contribution >= 0.6 is 0 Å². The number of hydrogen-bond donors (Lipinski definition) is 1. The lowest BCUT2D eigenvalue weighted by Crippen LogP contribution is -2.39. The van der Waals surface area contributed by atoms with E-state index in [1.807, 2.05) is 20.8 Å². The predicted octanol–water partition coefficient (Wildman–Crippen LogP) is 0.729. The molecule has 0 aromatic carbocycles. The molecule has 0 heterocycles. The van der Waals surface area contributed by atoms with Crippen LogP contribution in [0.5, 0.6) is 0 Å². The van der Waals surface area contributed by atoms with Crippen LogP contribution in [0.15, 0.2) is 0 Å². The highest BCUT2D eigenvalue weighted by Gasteiger charge is 2.31. The molecule has 0 spiro atoms. The molecular weight excluding hydrogens is 154 g/mol. The van der Waals surface area contributed by atoms with Crippen LogP contribution in [0.25, 0.3) is 0 Å². The van der Waals surface area contributed by atoms with Crippen molar-refractivity contribution in [1.82, 2.24) is 4.90 Å². The highest BCUT2D eigenvalue weighted by Crippen LogP contribution is 2.26. The molecule has 1 amide bonds. The summed E-state index contributed by atoms with van der Waals surface area (Å²) in [7, 11) is 3.41. The summed E-state index contributed by atoms with van der Waals surface area (Å²) in [4.78, 5) is 13.0. The molecular formula is C9H19NO2. The van der Waals surface area contributed by atoms with Gasteiger partial charge in [-0.25, -0.2) is 0 Å². The number of aliphatic hydroxyl groups is 1. The third kappa shape index (κ3) is 2.81. The van der Waals surface area contributed by atoms with Gasteiger partial charge in [0.25, 0.3) is 0 Å². The van der Waals surface area contributed by atoms with Gasteiger partial charge in [0, 0.05) is 14.1 Å². The zero-order valence-electron chi connectivity index (χ0n) is 8.59. The second kappa shape index (κ2) is 3.90. The van der Waals surface area contributed by atoms with Gasteiger partial charge in [-0.3, -0.25) is 4.79 Å². The van der Waals surface area contributed by atoms with Crippen molar-refractivity contribution in [1.29, 1.82) is 0 Å². The average Bonchev–Trinajstić information content (AvgIpc) is 1.85. The number of amides is 1. The quantitative estimate of drug-likeness (QED) is 0.668. The van der Waals surface area contributed by atoms with Gasteiger partial charge in [-0.1, -0.05) is 20.8 Å². The average molecular weight is 173 g/mol. The fourth-order valence-electron chi connectivity index (χ4n) is 1.03. The maximum Gasteiger partial charge on any atom is 0.228 e. The second-order valence-corrected chi connectivity index (χ2v) is 4.33. The Bertz CT molecular complexity index is 158. The van der Waals surface area contributed by atoms with Crippen molar-refractivity contribution in [2.45, 2.75) is 20.8 Å². The van der Waals surface area contributed by atoms with Crippen molar-refractivity contribution in [3.05, 3.63) is 0 Å². The summed E-state index contributed by atoms with van der Waals surface area (Å²) in [5, 5.41) is 9.03. The second-order valence-electron chi connectivity index (χ2n) is 4.33. The van der Waals surface area contributed by atoms with Gasteiger partial charge in [0.1, 0.15) is 0 Å². The zero-order chi connectivity index (χ0) is 9.94. The first-order valence-electron chi connectivity index (χ1n) is 4.12. The topological polar surface area (TPSA) is 40.5 Å². The van der Waals surface area contributed by atoms with E-state index in [9.17, 15) is 4.79 Å². The molecule has 72 valence electrons. The van der Waals surface area contributed by atoms with Crippen LogP contribution in [0.3, 0.4) is 0 Å². The molecule has 1 atom stereocenters. The molecule has 0 rings (SSSR count). The first-order valence-corrected chi connectivity index (χ1v) is 4.12. The molecule has 0 saturated carbocycles. The molecule has 0 radical (unpaired) electrons. The van der Waals surface area contributed by atoms with Crippen LogP contribution in [0, 0.1) is 11.3 Å². The van der Waals surface area contributed by atoms with Crippen LogP contribution in [0.4, 0.5) is 0 Å². The van der Waals surface area contributed by atoms with Crippen LogP contribution < -0.4 is 0 Å². The lowest BCUT2D eigenvalue weighted by atomic mass is 9.80. The summed E-state index contributed by atoms with van der Waals surface area (Å²) < 4.78 is 0. The first-order chi connectivity index (χ1) is 5.30. The molecule has 1 unspecified atom stereocenters. The van der Waals surface area contributed by atoms with Gasteiger partial charge >= 0.3 is 0 Å². The maximum absolute atomic E-state index is 11.5. The Morgan fingerprint density at radius 2 is 1.83 bits per heavy atom. The molecule has 0 saturated heterocycles. The predicted molar refractivity (Wildman–Crippen MR) is 48.7 cm³/mol. The largest absolute Gasteiger partial charge is 0.396 e. The van der Waals surface area contributed by atoms with Crippen molar-refractivity contribution < 1.29 is 9.90 Å². The lowest BCUT2D eigenvalue weighted by molar-refractivity contribution is -0.138. The highest BCUT2D eigenvalue weighted by atomic mass is 16.3. The van der Waals surface area contributed by atoms with Crippen molar-refractivity contribution >= 4 is 5.91 Å². The van der Waals surface area contributed by atoms with E-state index in [-0.39, 0.29) is 23.8 Å². The van der Waals surface area contributed by atoms with Crippen LogP contribution in [-0.2, 0) is 4.79 Å². The minimum Gasteiger partial charge on any atom is -0.396 e. The van der Waals surface area contributed by atoms with E-state index in [0.29, 0.717) is 0 Å². The van der Waals surface area contributed by atoms with Gasteiger partial charge in [-0.2, -0.15) is 0 Å². The van der Waals surface area contributed by atoms with E-state index in [4.69, 9.17) is 5.11 Å². The molecule has 0 aromatic heterocycles. The highest BCUT2D eigenvalue weighted by molar-refractivity contribution is 5.79. The summed E-state index contributed by atoms with van der Waals surface area (Å²) in [5.74, 6) is -0.308. The van der Waals surface area contributed by atoms with Crippen molar-refractivity contribution in [3.63, 3.8) is 0 Å². The molecule has 0 aliphatic heterocycles. The smallest absolute Gasteiger partial charge is 0.228 e. The van der Waals surface area contributed by atoms with Crippen LogP contribution in [0.1, 0.15) is 20.8 Å². The molecule has 0 aliphatic carbocycles. The molecule has 0 bridgehead atoms. The maximum atomic E-state index is 11.5. The summed E-state index contributed by atoms with van der Waals surface area (Å²) in [5.41, 5.74) is -0.171. The zero-order valence-corrected chi connectivity index (χ0v) is 8.59. The third-order valence-electron chi connectivity index (χ3n) is 1.97. The minimum atomic E-state index is -0.299. The Hall–Kier alpha value is -0.570. The Kier molecular flexibility index (Phi) is 3.71. The molecule has 0 fully saturated rings. The summed E-state index contributed by atoms with van der Waals surface area (Å²) >= 11 is 0. The molecule has 3 nitrogen and oxygen atoms in total. The standard InChI is InChI=1S/C9H19NO2/c1-9(2,3)7(6-11)8(12)10(4)5/h7,11H,6H2,1-5H3. The van der Waals surface area contributed by atoms with Crippen LogP contribution in [-0.4, -0.2) is 36.6 Å². The van der Waals surface area contributed by atoms with Gasteiger partial charge in [-0.05, 0) is 5.41 Å².